The molecule has 108 valence electrons. The monoisotopic (exact) mass is 293 g/mol. The Hall–Kier alpha value is -1.24. The predicted molar refractivity (Wildman–Crippen MR) is 77.3 cm³/mol. The fraction of sp³-hybridized carbons (Fsp3) is 0.571. The molecule has 5 nitrogen and oxygen atoms in total. The van der Waals surface area contributed by atoms with Crippen molar-refractivity contribution in [2.45, 2.75) is 25.8 Å². The Morgan fingerprint density at radius 3 is 3.20 bits per heavy atom. The molecule has 1 fully saturated rings. The van der Waals surface area contributed by atoms with Gasteiger partial charge in [0.05, 0.1) is 11.4 Å². The summed E-state index contributed by atoms with van der Waals surface area (Å²) in [5.41, 5.74) is 0. The van der Waals surface area contributed by atoms with E-state index in [-0.39, 0.29) is 6.61 Å². The van der Waals surface area contributed by atoms with Crippen molar-refractivity contribution in [1.29, 1.82) is 0 Å². The predicted octanol–water partition coefficient (Wildman–Crippen LogP) is 2.39. The van der Waals surface area contributed by atoms with Crippen molar-refractivity contribution >= 4 is 11.3 Å². The van der Waals surface area contributed by atoms with Gasteiger partial charge >= 0.3 is 0 Å². The average Bonchev–Trinajstić information content (AvgIpc) is 3.10. The molecule has 20 heavy (non-hydrogen) atoms. The topological polar surface area (TPSA) is 62.4 Å². The maximum absolute atomic E-state index is 9.05. The van der Waals surface area contributed by atoms with E-state index in [0.717, 1.165) is 24.4 Å². The molecule has 3 heterocycles. The SMILES string of the molecule is OCCC1CCCN(Cc2nnc(-c3cccs3)o2)C1. The second-order valence-corrected chi connectivity index (χ2v) is 6.18. The van der Waals surface area contributed by atoms with Crippen molar-refractivity contribution < 1.29 is 9.52 Å². The van der Waals surface area contributed by atoms with E-state index in [1.54, 1.807) is 11.3 Å². The highest BCUT2D eigenvalue weighted by Crippen LogP contribution is 2.24. The third kappa shape index (κ3) is 3.26. The van der Waals surface area contributed by atoms with Gasteiger partial charge in [-0.25, -0.2) is 0 Å². The first-order valence-corrected chi connectivity index (χ1v) is 7.92. The Kier molecular flexibility index (Phi) is 4.44. The normalized spacial score (nSPS) is 20.4. The molecular formula is C14H19N3O2S. The quantitative estimate of drug-likeness (QED) is 0.917. The lowest BCUT2D eigenvalue weighted by Gasteiger charge is -2.31. The molecule has 1 aliphatic rings. The highest BCUT2D eigenvalue weighted by Gasteiger charge is 2.21. The van der Waals surface area contributed by atoms with E-state index in [0.29, 0.717) is 24.2 Å². The minimum Gasteiger partial charge on any atom is -0.419 e. The van der Waals surface area contributed by atoms with Crippen molar-refractivity contribution in [3.63, 3.8) is 0 Å². The van der Waals surface area contributed by atoms with Gasteiger partial charge in [-0.3, -0.25) is 4.90 Å². The van der Waals surface area contributed by atoms with Gasteiger partial charge in [-0.2, -0.15) is 0 Å². The molecule has 3 rings (SSSR count). The minimum atomic E-state index is 0.279. The molecule has 2 aromatic rings. The van der Waals surface area contributed by atoms with Crippen molar-refractivity contribution in [2.75, 3.05) is 19.7 Å². The summed E-state index contributed by atoms with van der Waals surface area (Å²) >= 11 is 1.60. The van der Waals surface area contributed by atoms with E-state index in [2.05, 4.69) is 15.1 Å². The summed E-state index contributed by atoms with van der Waals surface area (Å²) in [4.78, 5) is 3.36. The Morgan fingerprint density at radius 2 is 2.40 bits per heavy atom. The second kappa shape index (κ2) is 6.47. The van der Waals surface area contributed by atoms with Crippen LogP contribution in [0.1, 0.15) is 25.2 Å². The number of likely N-dealkylation sites (tertiary alicyclic amines) is 1. The second-order valence-electron chi connectivity index (χ2n) is 5.23. The highest BCUT2D eigenvalue weighted by molar-refractivity contribution is 7.13. The molecule has 1 aliphatic heterocycles. The van der Waals surface area contributed by atoms with E-state index in [1.807, 2.05) is 17.5 Å². The maximum atomic E-state index is 9.05. The Bertz CT molecular complexity index is 524. The lowest BCUT2D eigenvalue weighted by molar-refractivity contribution is 0.133. The number of thiophene rings is 1. The fourth-order valence-electron chi connectivity index (χ4n) is 2.72. The first-order valence-electron chi connectivity index (χ1n) is 7.04. The fourth-order valence-corrected chi connectivity index (χ4v) is 3.37. The molecular weight excluding hydrogens is 274 g/mol. The van der Waals surface area contributed by atoms with Crippen LogP contribution < -0.4 is 0 Å². The van der Waals surface area contributed by atoms with Gasteiger partial charge in [0.2, 0.25) is 5.89 Å². The average molecular weight is 293 g/mol. The van der Waals surface area contributed by atoms with E-state index in [9.17, 15) is 0 Å². The molecule has 1 unspecified atom stereocenters. The van der Waals surface area contributed by atoms with Crippen LogP contribution in [0.3, 0.4) is 0 Å². The molecule has 2 aromatic heterocycles. The third-order valence-electron chi connectivity index (χ3n) is 3.70. The van der Waals surface area contributed by atoms with Crippen LogP contribution in [0.5, 0.6) is 0 Å². The molecule has 1 saturated heterocycles. The zero-order chi connectivity index (χ0) is 13.8. The van der Waals surface area contributed by atoms with E-state index >= 15 is 0 Å². The summed E-state index contributed by atoms with van der Waals surface area (Å²) in [6, 6.07) is 3.97. The standard InChI is InChI=1S/C14H19N3O2S/c18-7-5-11-3-1-6-17(9-11)10-13-15-16-14(19-13)12-4-2-8-20-12/h2,4,8,11,18H,1,3,5-7,9-10H2. The number of nitrogens with zero attached hydrogens (tertiary/aromatic N) is 3. The molecule has 0 saturated carbocycles. The van der Waals surface area contributed by atoms with Gasteiger partial charge in [0, 0.05) is 13.2 Å². The van der Waals surface area contributed by atoms with Crippen LogP contribution in [0.4, 0.5) is 0 Å². The molecule has 0 aliphatic carbocycles. The summed E-state index contributed by atoms with van der Waals surface area (Å²) in [6.45, 7) is 3.07. The van der Waals surface area contributed by atoms with Gasteiger partial charge in [0.15, 0.2) is 0 Å². The summed E-state index contributed by atoms with van der Waals surface area (Å²) in [5.74, 6) is 1.88. The van der Waals surface area contributed by atoms with Gasteiger partial charge in [-0.15, -0.1) is 21.5 Å². The number of aliphatic hydroxyl groups is 1. The zero-order valence-electron chi connectivity index (χ0n) is 11.4. The van der Waals surface area contributed by atoms with Crippen LogP contribution in [0.15, 0.2) is 21.9 Å². The highest BCUT2D eigenvalue weighted by atomic mass is 32.1. The largest absolute Gasteiger partial charge is 0.419 e. The molecule has 6 heteroatoms. The van der Waals surface area contributed by atoms with E-state index in [1.165, 1.54) is 12.8 Å². The number of rotatable bonds is 5. The van der Waals surface area contributed by atoms with Crippen LogP contribution in [0.25, 0.3) is 10.8 Å². The number of hydrogen-bond acceptors (Lipinski definition) is 6. The van der Waals surface area contributed by atoms with Crippen molar-refractivity contribution in [3.05, 3.63) is 23.4 Å². The smallest absolute Gasteiger partial charge is 0.257 e. The van der Waals surface area contributed by atoms with Gasteiger partial charge < -0.3 is 9.52 Å². The summed E-state index contributed by atoms with van der Waals surface area (Å²) in [6.07, 6.45) is 3.28. The lowest BCUT2D eigenvalue weighted by atomic mass is 9.95. The summed E-state index contributed by atoms with van der Waals surface area (Å²) in [7, 11) is 0. The van der Waals surface area contributed by atoms with Crippen LogP contribution in [-0.2, 0) is 6.54 Å². The van der Waals surface area contributed by atoms with E-state index < -0.39 is 0 Å². The first-order chi connectivity index (χ1) is 9.85. The van der Waals surface area contributed by atoms with Crippen LogP contribution >= 0.6 is 11.3 Å². The molecule has 0 radical (unpaired) electrons. The molecule has 0 amide bonds. The molecule has 1 N–H and O–H groups in total. The Labute approximate surface area is 122 Å². The molecule has 0 spiro atoms. The van der Waals surface area contributed by atoms with Gasteiger partial charge in [0.1, 0.15) is 0 Å². The summed E-state index contributed by atoms with van der Waals surface area (Å²) < 4.78 is 5.72. The molecule has 0 aromatic carbocycles. The molecule has 1 atom stereocenters. The lowest BCUT2D eigenvalue weighted by Crippen LogP contribution is -2.35. The van der Waals surface area contributed by atoms with Crippen LogP contribution in [-0.4, -0.2) is 39.9 Å². The van der Waals surface area contributed by atoms with Gasteiger partial charge in [-0.1, -0.05) is 6.07 Å². The van der Waals surface area contributed by atoms with Gasteiger partial charge in [0.25, 0.3) is 5.89 Å². The molecule has 0 bridgehead atoms. The van der Waals surface area contributed by atoms with Crippen LogP contribution in [0, 0.1) is 5.92 Å². The van der Waals surface area contributed by atoms with E-state index in [4.69, 9.17) is 9.52 Å². The van der Waals surface area contributed by atoms with Gasteiger partial charge in [-0.05, 0) is 43.2 Å². The van der Waals surface area contributed by atoms with Crippen molar-refractivity contribution in [1.82, 2.24) is 15.1 Å². The Balaban J connectivity index is 1.60. The van der Waals surface area contributed by atoms with Crippen molar-refractivity contribution in [2.24, 2.45) is 5.92 Å². The number of aromatic nitrogens is 2. The minimum absolute atomic E-state index is 0.279. The number of hydrogen-bond donors (Lipinski definition) is 1. The van der Waals surface area contributed by atoms with Crippen LogP contribution in [0.2, 0.25) is 0 Å². The third-order valence-corrected chi connectivity index (χ3v) is 4.56. The number of piperidine rings is 1. The van der Waals surface area contributed by atoms with Crippen molar-refractivity contribution in [3.8, 4) is 10.8 Å². The maximum Gasteiger partial charge on any atom is 0.257 e. The first kappa shape index (κ1) is 13.7. The Morgan fingerprint density at radius 1 is 1.45 bits per heavy atom. The summed E-state index contributed by atoms with van der Waals surface area (Å²) in [5, 5.41) is 19.3. The zero-order valence-corrected chi connectivity index (χ0v) is 12.2. The number of aliphatic hydroxyl groups excluding tert-OH is 1.